The summed E-state index contributed by atoms with van der Waals surface area (Å²) in [5.74, 6) is -0.104. The number of rotatable bonds is 4. The number of nitrogens with one attached hydrogen (secondary N) is 1. The number of anilines is 1. The summed E-state index contributed by atoms with van der Waals surface area (Å²) in [6.07, 6.45) is 2.04. The lowest BCUT2D eigenvalue weighted by molar-refractivity contribution is -0.116. The molecule has 0 saturated heterocycles. The Morgan fingerprint density at radius 3 is 2.78 bits per heavy atom. The topological polar surface area (TPSA) is 70.7 Å². The molecule has 0 bridgehead atoms. The summed E-state index contributed by atoms with van der Waals surface area (Å²) >= 11 is 5.95. The van der Waals surface area contributed by atoms with Crippen LogP contribution in [-0.4, -0.2) is 15.7 Å². The molecule has 0 aliphatic rings. The van der Waals surface area contributed by atoms with Crippen molar-refractivity contribution < 1.29 is 4.79 Å². The first kappa shape index (κ1) is 15.1. The van der Waals surface area contributed by atoms with Crippen molar-refractivity contribution in [1.82, 2.24) is 9.78 Å². The molecule has 0 spiro atoms. The predicted molar refractivity (Wildman–Crippen MR) is 89.1 cm³/mol. The van der Waals surface area contributed by atoms with Gasteiger partial charge in [0.15, 0.2) is 0 Å². The number of aromatic nitrogens is 2. The molecule has 1 aromatic heterocycles. The number of carbonyl (C=O) groups excluding carboxylic acids is 1. The highest BCUT2D eigenvalue weighted by atomic mass is 35.5. The van der Waals surface area contributed by atoms with Crippen LogP contribution in [-0.2, 0) is 11.3 Å². The molecule has 1 amide bonds. The van der Waals surface area contributed by atoms with Crippen LogP contribution in [0.25, 0.3) is 10.9 Å². The van der Waals surface area contributed by atoms with Crippen molar-refractivity contribution in [1.29, 1.82) is 5.26 Å². The Labute approximate surface area is 138 Å². The summed E-state index contributed by atoms with van der Waals surface area (Å²) < 4.78 is 1.78. The van der Waals surface area contributed by atoms with E-state index >= 15 is 0 Å². The molecule has 3 rings (SSSR count). The Hall–Kier alpha value is -2.84. The monoisotopic (exact) mass is 324 g/mol. The molecular weight excluding hydrogens is 312 g/mol. The van der Waals surface area contributed by atoms with Gasteiger partial charge in [-0.15, -0.1) is 0 Å². The molecule has 2 aromatic carbocycles. The number of fused-ring (bicyclic) bond motifs is 1. The van der Waals surface area contributed by atoms with Crippen LogP contribution in [0.4, 0.5) is 5.69 Å². The van der Waals surface area contributed by atoms with Crippen LogP contribution in [0.3, 0.4) is 0 Å². The average molecular weight is 325 g/mol. The van der Waals surface area contributed by atoms with Gasteiger partial charge in [0.1, 0.15) is 0 Å². The van der Waals surface area contributed by atoms with Gasteiger partial charge >= 0.3 is 0 Å². The SMILES string of the molecule is N#Cc1ccc(NC(=O)CCn2ncc3cc(Cl)ccc32)cc1. The molecule has 5 nitrogen and oxygen atoms in total. The second-order valence-electron chi connectivity index (χ2n) is 5.06. The van der Waals surface area contributed by atoms with E-state index in [-0.39, 0.29) is 5.91 Å². The number of hydrogen-bond donors (Lipinski definition) is 1. The van der Waals surface area contributed by atoms with Gasteiger partial charge in [-0.05, 0) is 42.5 Å². The average Bonchev–Trinajstić information content (AvgIpc) is 2.95. The fourth-order valence-corrected chi connectivity index (χ4v) is 2.48. The molecule has 23 heavy (non-hydrogen) atoms. The normalized spacial score (nSPS) is 10.4. The number of carbonyl (C=O) groups is 1. The minimum Gasteiger partial charge on any atom is -0.326 e. The molecule has 0 radical (unpaired) electrons. The van der Waals surface area contributed by atoms with Gasteiger partial charge in [0.05, 0.1) is 29.9 Å². The van der Waals surface area contributed by atoms with Crippen molar-refractivity contribution in [2.24, 2.45) is 0 Å². The first-order chi connectivity index (χ1) is 11.2. The lowest BCUT2D eigenvalue weighted by atomic mass is 10.2. The molecule has 6 heteroatoms. The highest BCUT2D eigenvalue weighted by Crippen LogP contribution is 2.19. The van der Waals surface area contributed by atoms with Gasteiger partial charge in [0.2, 0.25) is 5.91 Å². The van der Waals surface area contributed by atoms with Gasteiger partial charge in [-0.25, -0.2) is 0 Å². The zero-order valence-electron chi connectivity index (χ0n) is 12.2. The van der Waals surface area contributed by atoms with E-state index in [9.17, 15) is 4.79 Å². The number of nitrogens with zero attached hydrogens (tertiary/aromatic N) is 3. The van der Waals surface area contributed by atoms with Crippen LogP contribution < -0.4 is 5.32 Å². The number of aryl methyl sites for hydroxylation is 1. The molecule has 3 aromatic rings. The number of nitriles is 1. The van der Waals surface area contributed by atoms with Crippen LogP contribution in [0, 0.1) is 11.3 Å². The number of halogens is 1. The predicted octanol–water partition coefficient (Wildman–Crippen LogP) is 3.59. The smallest absolute Gasteiger partial charge is 0.226 e. The summed E-state index contributed by atoms with van der Waals surface area (Å²) in [7, 11) is 0. The standard InChI is InChI=1S/C17H13ClN4O/c18-14-3-6-16-13(9-14)11-20-22(16)8-7-17(23)21-15-4-1-12(10-19)2-5-15/h1-6,9,11H,7-8H2,(H,21,23). The highest BCUT2D eigenvalue weighted by Gasteiger charge is 2.07. The largest absolute Gasteiger partial charge is 0.326 e. The summed E-state index contributed by atoms with van der Waals surface area (Å²) in [5, 5.41) is 17.4. The Morgan fingerprint density at radius 2 is 2.04 bits per heavy atom. The molecule has 0 unspecified atom stereocenters. The van der Waals surface area contributed by atoms with E-state index < -0.39 is 0 Å². The van der Waals surface area contributed by atoms with Gasteiger partial charge in [0, 0.05) is 22.5 Å². The fraction of sp³-hybridized carbons (Fsp3) is 0.118. The van der Waals surface area contributed by atoms with E-state index in [1.54, 1.807) is 41.2 Å². The van der Waals surface area contributed by atoms with E-state index in [4.69, 9.17) is 16.9 Å². The number of hydrogen-bond acceptors (Lipinski definition) is 3. The highest BCUT2D eigenvalue weighted by molar-refractivity contribution is 6.31. The van der Waals surface area contributed by atoms with Gasteiger partial charge in [-0.1, -0.05) is 11.6 Å². The van der Waals surface area contributed by atoms with Crippen LogP contribution in [0.15, 0.2) is 48.7 Å². The quantitative estimate of drug-likeness (QED) is 0.797. The summed E-state index contributed by atoms with van der Waals surface area (Å²) in [5.41, 5.74) is 2.18. The zero-order chi connectivity index (χ0) is 16.2. The van der Waals surface area contributed by atoms with E-state index in [0.29, 0.717) is 29.2 Å². The maximum absolute atomic E-state index is 12.0. The molecule has 1 heterocycles. The fourth-order valence-electron chi connectivity index (χ4n) is 2.30. The van der Waals surface area contributed by atoms with Gasteiger partial charge in [-0.2, -0.15) is 10.4 Å². The van der Waals surface area contributed by atoms with Crippen molar-refractivity contribution in [3.8, 4) is 6.07 Å². The molecule has 1 N–H and O–H groups in total. The molecule has 0 fully saturated rings. The second-order valence-corrected chi connectivity index (χ2v) is 5.49. The Kier molecular flexibility index (Phi) is 4.26. The Morgan fingerprint density at radius 1 is 1.26 bits per heavy atom. The van der Waals surface area contributed by atoms with Crippen LogP contribution in [0.1, 0.15) is 12.0 Å². The summed E-state index contributed by atoms with van der Waals surface area (Å²) in [6, 6.07) is 14.3. The van der Waals surface area contributed by atoms with Gasteiger partial charge in [-0.3, -0.25) is 9.48 Å². The third kappa shape index (κ3) is 3.50. The molecule has 0 aliphatic carbocycles. The molecule has 0 aliphatic heterocycles. The Bertz CT molecular complexity index is 893. The van der Waals surface area contributed by atoms with E-state index in [1.807, 2.05) is 18.2 Å². The van der Waals surface area contributed by atoms with Crippen molar-refractivity contribution in [2.75, 3.05) is 5.32 Å². The van der Waals surface area contributed by atoms with E-state index in [0.717, 1.165) is 10.9 Å². The third-order valence-corrected chi connectivity index (χ3v) is 3.69. The van der Waals surface area contributed by atoms with Crippen molar-refractivity contribution in [3.05, 3.63) is 59.2 Å². The lowest BCUT2D eigenvalue weighted by Crippen LogP contribution is -2.14. The number of amides is 1. The number of benzene rings is 2. The van der Waals surface area contributed by atoms with Gasteiger partial charge in [0.25, 0.3) is 0 Å². The maximum atomic E-state index is 12.0. The first-order valence-corrected chi connectivity index (χ1v) is 7.44. The molecular formula is C17H13ClN4O. The minimum absolute atomic E-state index is 0.104. The summed E-state index contributed by atoms with van der Waals surface area (Å²) in [6.45, 7) is 0.479. The second kappa shape index (κ2) is 6.51. The minimum atomic E-state index is -0.104. The van der Waals surface area contributed by atoms with Crippen molar-refractivity contribution in [2.45, 2.75) is 13.0 Å². The lowest BCUT2D eigenvalue weighted by Gasteiger charge is -2.06. The molecule has 114 valence electrons. The summed E-state index contributed by atoms with van der Waals surface area (Å²) in [4.78, 5) is 12.0. The van der Waals surface area contributed by atoms with Gasteiger partial charge < -0.3 is 5.32 Å². The van der Waals surface area contributed by atoms with E-state index in [1.165, 1.54) is 0 Å². The maximum Gasteiger partial charge on any atom is 0.226 e. The molecule has 0 saturated carbocycles. The van der Waals surface area contributed by atoms with Crippen molar-refractivity contribution in [3.63, 3.8) is 0 Å². The zero-order valence-corrected chi connectivity index (χ0v) is 12.9. The third-order valence-electron chi connectivity index (χ3n) is 3.45. The van der Waals surface area contributed by atoms with Crippen molar-refractivity contribution >= 4 is 34.1 Å². The van der Waals surface area contributed by atoms with E-state index in [2.05, 4.69) is 10.4 Å². The Balaban J connectivity index is 1.62. The van der Waals surface area contributed by atoms with Crippen LogP contribution in [0.2, 0.25) is 5.02 Å². The van der Waals surface area contributed by atoms with Crippen LogP contribution in [0.5, 0.6) is 0 Å². The van der Waals surface area contributed by atoms with Crippen LogP contribution >= 0.6 is 11.6 Å². The first-order valence-electron chi connectivity index (χ1n) is 7.07. The molecule has 0 atom stereocenters.